The first-order valence-corrected chi connectivity index (χ1v) is 13.9. The number of morpholine rings is 1. The number of amides is 1. The number of pyridine rings is 1. The van der Waals surface area contributed by atoms with Gasteiger partial charge in [-0.2, -0.15) is 5.26 Å². The number of carbonyl (C=O) groups is 1. The maximum absolute atomic E-state index is 12.3. The van der Waals surface area contributed by atoms with E-state index in [9.17, 15) is 10.1 Å². The molecule has 0 radical (unpaired) electrons. The second kappa shape index (κ2) is 11.8. The van der Waals surface area contributed by atoms with Gasteiger partial charge in [0, 0.05) is 62.3 Å². The van der Waals surface area contributed by atoms with Gasteiger partial charge in [-0.1, -0.05) is 18.2 Å². The minimum Gasteiger partial charge on any atom is -0.487 e. The van der Waals surface area contributed by atoms with Crippen LogP contribution in [-0.4, -0.2) is 79.5 Å². The van der Waals surface area contributed by atoms with Gasteiger partial charge in [0.15, 0.2) is 0 Å². The fourth-order valence-corrected chi connectivity index (χ4v) is 5.52. The van der Waals surface area contributed by atoms with E-state index >= 15 is 0 Å². The van der Waals surface area contributed by atoms with E-state index in [1.54, 1.807) is 24.4 Å². The Labute approximate surface area is 239 Å². The number of ether oxygens (including phenoxy) is 2. The van der Waals surface area contributed by atoms with Crippen molar-refractivity contribution in [3.8, 4) is 34.2 Å². The lowest BCUT2D eigenvalue weighted by atomic mass is 10.0. The minimum atomic E-state index is -0.148. The zero-order valence-corrected chi connectivity index (χ0v) is 23.0. The number of nitrogens with one attached hydrogen (secondary N) is 1. The first-order valence-electron chi connectivity index (χ1n) is 13.9. The van der Waals surface area contributed by atoms with Gasteiger partial charge in [0.1, 0.15) is 23.6 Å². The molecule has 2 aromatic carbocycles. The summed E-state index contributed by atoms with van der Waals surface area (Å²) in [5.41, 5.74) is 6.42. The van der Waals surface area contributed by atoms with Crippen LogP contribution in [0.25, 0.3) is 33.4 Å². The van der Waals surface area contributed by atoms with Crippen LogP contribution in [0.15, 0.2) is 65.8 Å². The molecule has 2 aliphatic heterocycles. The maximum Gasteiger partial charge on any atom is 0.228 e. The number of H-pyrrole nitrogens is 1. The molecule has 2 aliphatic rings. The number of anilines is 1. The molecule has 9 heteroatoms. The summed E-state index contributed by atoms with van der Waals surface area (Å²) in [6.45, 7) is 4.47. The highest BCUT2D eigenvalue weighted by Crippen LogP contribution is 2.34. The normalized spacial score (nSPS) is 17.3. The fourth-order valence-electron chi connectivity index (χ4n) is 5.52. The van der Waals surface area contributed by atoms with Crippen LogP contribution in [0.5, 0.6) is 5.75 Å². The smallest absolute Gasteiger partial charge is 0.228 e. The molecule has 2 saturated heterocycles. The fraction of sp³-hybridized carbons (Fsp3) is 0.312. The van der Waals surface area contributed by atoms with Crippen LogP contribution in [0.4, 0.5) is 5.69 Å². The summed E-state index contributed by atoms with van der Waals surface area (Å²) in [6, 6.07) is 20.6. The van der Waals surface area contributed by atoms with E-state index < -0.39 is 0 Å². The maximum atomic E-state index is 12.3. The Balaban J connectivity index is 1.21. The number of nitrogens with zero attached hydrogens (tertiary/aromatic N) is 5. The lowest BCUT2D eigenvalue weighted by Crippen LogP contribution is -2.36. The van der Waals surface area contributed by atoms with Crippen molar-refractivity contribution >= 4 is 28.8 Å². The van der Waals surface area contributed by atoms with E-state index in [4.69, 9.17) is 9.47 Å². The lowest BCUT2D eigenvalue weighted by molar-refractivity contribution is -0.129. The standard InChI is InChI=1S/C32H32N6O3/c1-34-11-9-31(39)38-13-10-26(21-38)41-30-7-4-23(18-24(30)20-33)27-8-12-35-32-28(27)19-29(36-32)22-2-5-25(6-3-22)37-14-16-40-17-15-37/h2-8,11-12,18-19,26H,9-10,13-17,21H2,1H3,(H,35,36)/b34-11-/t26-/m0/s1. The van der Waals surface area contributed by atoms with E-state index in [0.717, 1.165) is 66.1 Å². The number of aliphatic imine (C=N–C) groups is 1. The number of benzene rings is 2. The second-order valence-electron chi connectivity index (χ2n) is 10.3. The highest BCUT2D eigenvalue weighted by molar-refractivity contribution is 5.96. The van der Waals surface area contributed by atoms with E-state index in [-0.39, 0.29) is 12.0 Å². The number of aromatic nitrogens is 2. The molecular formula is C32H32N6O3. The molecule has 2 fully saturated rings. The van der Waals surface area contributed by atoms with Crippen molar-refractivity contribution in [2.75, 3.05) is 51.3 Å². The number of aromatic amines is 1. The quantitative estimate of drug-likeness (QED) is 0.336. The van der Waals surface area contributed by atoms with Crippen molar-refractivity contribution in [3.63, 3.8) is 0 Å². The van der Waals surface area contributed by atoms with Gasteiger partial charge in [0.25, 0.3) is 0 Å². The average Bonchev–Trinajstić information content (AvgIpc) is 3.68. The van der Waals surface area contributed by atoms with Gasteiger partial charge in [-0.25, -0.2) is 4.98 Å². The van der Waals surface area contributed by atoms with E-state index in [0.29, 0.717) is 30.8 Å². The van der Waals surface area contributed by atoms with Gasteiger partial charge < -0.3 is 29.2 Å². The van der Waals surface area contributed by atoms with Gasteiger partial charge in [-0.3, -0.25) is 4.79 Å². The number of hydrogen-bond donors (Lipinski definition) is 1. The summed E-state index contributed by atoms with van der Waals surface area (Å²) in [5.74, 6) is 0.573. The molecule has 4 heterocycles. The molecule has 4 aromatic rings. The van der Waals surface area contributed by atoms with E-state index in [1.165, 1.54) is 5.69 Å². The predicted octanol–water partition coefficient (Wildman–Crippen LogP) is 4.68. The van der Waals surface area contributed by atoms with Crippen LogP contribution < -0.4 is 9.64 Å². The van der Waals surface area contributed by atoms with Crippen LogP contribution in [-0.2, 0) is 9.53 Å². The van der Waals surface area contributed by atoms with Gasteiger partial charge >= 0.3 is 0 Å². The summed E-state index contributed by atoms with van der Waals surface area (Å²) in [6.07, 6.45) is 4.28. The molecular weight excluding hydrogens is 516 g/mol. The van der Waals surface area contributed by atoms with Crippen molar-refractivity contribution < 1.29 is 14.3 Å². The summed E-state index contributed by atoms with van der Waals surface area (Å²) in [4.78, 5) is 28.4. The monoisotopic (exact) mass is 548 g/mol. The Bertz CT molecular complexity index is 1610. The molecule has 6 rings (SSSR count). The van der Waals surface area contributed by atoms with E-state index in [1.807, 2.05) is 24.3 Å². The van der Waals surface area contributed by atoms with Crippen LogP contribution in [0.1, 0.15) is 18.4 Å². The Morgan fingerprint density at radius 3 is 2.73 bits per heavy atom. The molecule has 0 unspecified atom stereocenters. The van der Waals surface area contributed by atoms with E-state index in [2.05, 4.69) is 56.3 Å². The molecule has 1 amide bonds. The number of fused-ring (bicyclic) bond motifs is 1. The summed E-state index contributed by atoms with van der Waals surface area (Å²) in [7, 11) is 1.66. The van der Waals surface area contributed by atoms with Crippen LogP contribution in [0.3, 0.4) is 0 Å². The first-order chi connectivity index (χ1) is 20.1. The highest BCUT2D eigenvalue weighted by Gasteiger charge is 2.27. The molecule has 0 spiro atoms. The van der Waals surface area contributed by atoms with Crippen LogP contribution in [0, 0.1) is 11.3 Å². The van der Waals surface area contributed by atoms with Crippen molar-refractivity contribution in [3.05, 3.63) is 66.4 Å². The Kier molecular flexibility index (Phi) is 7.65. The average molecular weight is 549 g/mol. The first kappa shape index (κ1) is 26.5. The van der Waals surface area contributed by atoms with Gasteiger partial charge in [-0.15, -0.1) is 0 Å². The third kappa shape index (κ3) is 5.65. The number of nitriles is 1. The summed E-state index contributed by atoms with van der Waals surface area (Å²) < 4.78 is 11.7. The van der Waals surface area contributed by atoms with Gasteiger partial charge in [0.05, 0.1) is 31.7 Å². The number of hydrogen-bond acceptors (Lipinski definition) is 7. The summed E-state index contributed by atoms with van der Waals surface area (Å²) in [5, 5.41) is 10.9. The van der Waals surface area contributed by atoms with Crippen LogP contribution >= 0.6 is 0 Å². The minimum absolute atomic E-state index is 0.0400. The number of rotatable bonds is 7. The molecule has 41 heavy (non-hydrogen) atoms. The molecule has 1 N–H and O–H groups in total. The Morgan fingerprint density at radius 2 is 1.95 bits per heavy atom. The van der Waals surface area contributed by atoms with Crippen LogP contribution in [0.2, 0.25) is 0 Å². The highest BCUT2D eigenvalue weighted by atomic mass is 16.5. The van der Waals surface area contributed by atoms with Gasteiger partial charge in [-0.05, 0) is 53.1 Å². The van der Waals surface area contributed by atoms with Crippen molar-refractivity contribution in [2.24, 2.45) is 4.99 Å². The molecule has 1 atom stereocenters. The second-order valence-corrected chi connectivity index (χ2v) is 10.3. The lowest BCUT2D eigenvalue weighted by Gasteiger charge is -2.28. The number of carbonyl (C=O) groups excluding carboxylic acids is 1. The third-order valence-electron chi connectivity index (χ3n) is 7.74. The molecule has 0 aliphatic carbocycles. The molecule has 9 nitrogen and oxygen atoms in total. The summed E-state index contributed by atoms with van der Waals surface area (Å²) >= 11 is 0. The van der Waals surface area contributed by atoms with Crippen molar-refractivity contribution in [1.29, 1.82) is 5.26 Å². The predicted molar refractivity (Wildman–Crippen MR) is 159 cm³/mol. The third-order valence-corrected chi connectivity index (χ3v) is 7.74. The van der Waals surface area contributed by atoms with Crippen molar-refractivity contribution in [2.45, 2.75) is 18.9 Å². The van der Waals surface area contributed by atoms with Gasteiger partial charge in [0.2, 0.25) is 5.91 Å². The SMILES string of the molecule is C/N=C\CC(=O)N1CC[C@H](Oc2ccc(-c3ccnc4[nH]c(-c5ccc(N6CCOCC6)cc5)cc34)cc2C#N)C1. The molecule has 2 aromatic heterocycles. The Morgan fingerprint density at radius 1 is 1.15 bits per heavy atom. The Hall–Kier alpha value is -4.68. The van der Waals surface area contributed by atoms with Crippen molar-refractivity contribution in [1.82, 2.24) is 14.9 Å². The molecule has 0 saturated carbocycles. The molecule has 0 bridgehead atoms. The topological polar surface area (TPSA) is 107 Å². The number of likely N-dealkylation sites (tertiary alicyclic amines) is 1. The molecule has 208 valence electrons. The zero-order chi connectivity index (χ0) is 28.2. The largest absolute Gasteiger partial charge is 0.487 e. The zero-order valence-electron chi connectivity index (χ0n) is 23.0.